The molecule has 3 amide bonds. The van der Waals surface area contributed by atoms with Gasteiger partial charge in [0.1, 0.15) is 0 Å². The summed E-state index contributed by atoms with van der Waals surface area (Å²) in [5, 5.41) is 3.40. The maximum atomic E-state index is 13.2. The van der Waals surface area contributed by atoms with E-state index in [0.29, 0.717) is 23.3 Å². The second kappa shape index (κ2) is 6.97. The van der Waals surface area contributed by atoms with Crippen LogP contribution in [0, 0.1) is 0 Å². The molecular weight excluding hydrogens is 358 g/mol. The number of fused-ring (bicyclic) bond motifs is 3. The Morgan fingerprint density at radius 1 is 1.07 bits per heavy atom. The number of benzene rings is 1. The Hall–Kier alpha value is -2.25. The summed E-state index contributed by atoms with van der Waals surface area (Å²) in [5.74, 6) is -0.629. The maximum Gasteiger partial charge on any atom is 0.261 e. The molecule has 0 spiro atoms. The van der Waals surface area contributed by atoms with Gasteiger partial charge in [-0.15, -0.1) is 0 Å². The smallest absolute Gasteiger partial charge is 0.261 e. The number of hydrogen-bond acceptors (Lipinski definition) is 5. The first-order valence-corrected chi connectivity index (χ1v) is 10.3. The van der Waals surface area contributed by atoms with Gasteiger partial charge in [0.25, 0.3) is 17.7 Å². The third kappa shape index (κ3) is 2.84. The van der Waals surface area contributed by atoms with Gasteiger partial charge >= 0.3 is 0 Å². The Kier molecular flexibility index (Phi) is 4.44. The minimum Gasteiger partial charge on any atom is -0.376 e. The fraction of sp³-hybridized carbons (Fsp3) is 0.571. The number of carbonyl (C=O) groups excluding carboxylic acids is 3. The van der Waals surface area contributed by atoms with E-state index in [-0.39, 0.29) is 42.5 Å². The van der Waals surface area contributed by atoms with Crippen molar-refractivity contribution in [2.45, 2.75) is 50.3 Å². The van der Waals surface area contributed by atoms with Gasteiger partial charge in [-0.25, -0.2) is 0 Å². The molecule has 4 heterocycles. The predicted octanol–water partition coefficient (Wildman–Crippen LogP) is 1.43. The highest BCUT2D eigenvalue weighted by molar-refractivity contribution is 6.22. The van der Waals surface area contributed by atoms with E-state index in [1.165, 1.54) is 4.90 Å². The van der Waals surface area contributed by atoms with Crippen LogP contribution in [0.1, 0.15) is 63.2 Å². The predicted molar refractivity (Wildman–Crippen MR) is 101 cm³/mol. The van der Waals surface area contributed by atoms with Crippen LogP contribution < -0.4 is 5.32 Å². The highest BCUT2D eigenvalue weighted by Gasteiger charge is 2.41. The second-order valence-electron chi connectivity index (χ2n) is 8.21. The molecule has 5 rings (SSSR count). The molecule has 7 heteroatoms. The van der Waals surface area contributed by atoms with E-state index in [2.05, 4.69) is 5.32 Å². The average Bonchev–Trinajstić information content (AvgIpc) is 3.35. The quantitative estimate of drug-likeness (QED) is 0.799. The fourth-order valence-corrected chi connectivity index (χ4v) is 5.04. The standard InChI is InChI=1S/C21H25N3O4/c25-19(24-14-4-5-15(24)11-22-8-7-14)13-3-6-17-18(10-13)21(27)23(20(17)26)12-16-2-1-9-28-16/h3,6,10,14-16,22H,1-2,4-5,7-9,11-12H2. The summed E-state index contributed by atoms with van der Waals surface area (Å²) in [7, 11) is 0. The van der Waals surface area contributed by atoms with Crippen molar-refractivity contribution >= 4 is 17.7 Å². The summed E-state index contributed by atoms with van der Waals surface area (Å²) in [4.78, 5) is 42.0. The van der Waals surface area contributed by atoms with Crippen LogP contribution in [0.15, 0.2) is 18.2 Å². The Morgan fingerprint density at radius 3 is 2.71 bits per heavy atom. The van der Waals surface area contributed by atoms with Crippen LogP contribution in [0.5, 0.6) is 0 Å². The number of rotatable bonds is 3. The molecule has 1 N–H and O–H groups in total. The molecular formula is C21H25N3O4. The number of ether oxygens (including phenoxy) is 1. The van der Waals surface area contributed by atoms with Gasteiger partial charge in [-0.05, 0) is 56.8 Å². The van der Waals surface area contributed by atoms with Crippen LogP contribution >= 0.6 is 0 Å². The first-order valence-electron chi connectivity index (χ1n) is 10.3. The average molecular weight is 383 g/mol. The van der Waals surface area contributed by atoms with Gasteiger partial charge in [-0.3, -0.25) is 19.3 Å². The van der Waals surface area contributed by atoms with E-state index in [1.807, 2.05) is 4.90 Å². The Labute approximate surface area is 164 Å². The lowest BCUT2D eigenvalue weighted by Gasteiger charge is -2.28. The molecule has 28 heavy (non-hydrogen) atoms. The lowest BCUT2D eigenvalue weighted by atomic mass is 10.0. The first kappa shape index (κ1) is 17.8. The molecule has 3 fully saturated rings. The van der Waals surface area contributed by atoms with E-state index in [0.717, 1.165) is 45.2 Å². The van der Waals surface area contributed by atoms with Crippen LogP contribution in [0.3, 0.4) is 0 Å². The van der Waals surface area contributed by atoms with Crippen molar-refractivity contribution in [3.05, 3.63) is 34.9 Å². The molecule has 1 aromatic carbocycles. The van der Waals surface area contributed by atoms with Gasteiger partial charge in [-0.1, -0.05) is 0 Å². The van der Waals surface area contributed by atoms with Gasteiger partial charge in [0, 0.05) is 30.8 Å². The lowest BCUT2D eigenvalue weighted by Crippen LogP contribution is -2.42. The Bertz CT molecular complexity index is 819. The van der Waals surface area contributed by atoms with Crippen molar-refractivity contribution in [3.8, 4) is 0 Å². The fourth-order valence-electron chi connectivity index (χ4n) is 5.04. The minimum absolute atomic E-state index is 0.0307. The van der Waals surface area contributed by atoms with Gasteiger partial charge in [0.15, 0.2) is 0 Å². The van der Waals surface area contributed by atoms with E-state index in [1.54, 1.807) is 18.2 Å². The molecule has 7 nitrogen and oxygen atoms in total. The summed E-state index contributed by atoms with van der Waals surface area (Å²) in [6.07, 6.45) is 4.75. The van der Waals surface area contributed by atoms with Gasteiger partial charge in [0.2, 0.25) is 0 Å². The summed E-state index contributed by atoms with van der Waals surface area (Å²) in [5.41, 5.74) is 1.23. The van der Waals surface area contributed by atoms with Gasteiger partial charge in [-0.2, -0.15) is 0 Å². The summed E-state index contributed by atoms with van der Waals surface area (Å²) >= 11 is 0. The molecule has 3 atom stereocenters. The van der Waals surface area contributed by atoms with E-state index >= 15 is 0 Å². The van der Waals surface area contributed by atoms with Crippen molar-refractivity contribution in [3.63, 3.8) is 0 Å². The molecule has 0 radical (unpaired) electrons. The molecule has 3 saturated heterocycles. The molecule has 0 saturated carbocycles. The van der Waals surface area contributed by atoms with Crippen molar-refractivity contribution in [2.75, 3.05) is 26.2 Å². The molecule has 148 valence electrons. The van der Waals surface area contributed by atoms with Crippen molar-refractivity contribution in [1.29, 1.82) is 0 Å². The van der Waals surface area contributed by atoms with Gasteiger partial charge < -0.3 is 15.0 Å². The zero-order chi connectivity index (χ0) is 19.3. The van der Waals surface area contributed by atoms with Crippen LogP contribution in [0.25, 0.3) is 0 Å². The Morgan fingerprint density at radius 2 is 1.89 bits per heavy atom. The van der Waals surface area contributed by atoms with Crippen LogP contribution in [0.2, 0.25) is 0 Å². The normalized spacial score (nSPS) is 29.4. The third-order valence-corrected chi connectivity index (χ3v) is 6.52. The Balaban J connectivity index is 1.39. The molecule has 0 aromatic heterocycles. The zero-order valence-corrected chi connectivity index (χ0v) is 15.9. The number of nitrogens with zero attached hydrogens (tertiary/aromatic N) is 2. The van der Waals surface area contributed by atoms with Crippen molar-refractivity contribution in [2.24, 2.45) is 0 Å². The summed E-state index contributed by atoms with van der Waals surface area (Å²) in [6, 6.07) is 5.41. The van der Waals surface area contributed by atoms with Crippen LogP contribution in [-0.2, 0) is 4.74 Å². The monoisotopic (exact) mass is 383 g/mol. The molecule has 4 aliphatic heterocycles. The lowest BCUT2D eigenvalue weighted by molar-refractivity contribution is 0.0475. The topological polar surface area (TPSA) is 79.0 Å². The number of hydrogen-bond donors (Lipinski definition) is 1. The highest BCUT2D eigenvalue weighted by Crippen LogP contribution is 2.31. The highest BCUT2D eigenvalue weighted by atomic mass is 16.5. The number of amides is 3. The second-order valence-corrected chi connectivity index (χ2v) is 8.21. The van der Waals surface area contributed by atoms with E-state index in [4.69, 9.17) is 4.74 Å². The minimum atomic E-state index is -0.314. The zero-order valence-electron chi connectivity index (χ0n) is 15.9. The molecule has 3 unspecified atom stereocenters. The molecule has 4 aliphatic rings. The van der Waals surface area contributed by atoms with E-state index < -0.39 is 0 Å². The first-order chi connectivity index (χ1) is 13.6. The molecule has 1 aromatic rings. The maximum absolute atomic E-state index is 13.2. The van der Waals surface area contributed by atoms with Gasteiger partial charge in [0.05, 0.1) is 23.8 Å². The van der Waals surface area contributed by atoms with Crippen molar-refractivity contribution in [1.82, 2.24) is 15.1 Å². The number of imide groups is 1. The third-order valence-electron chi connectivity index (χ3n) is 6.52. The number of carbonyl (C=O) groups is 3. The SMILES string of the molecule is O=C1c2ccc(C(=O)N3C4CCNCC3CC4)cc2C(=O)N1CC1CCCO1. The van der Waals surface area contributed by atoms with Crippen molar-refractivity contribution < 1.29 is 19.1 Å². The van der Waals surface area contributed by atoms with Crippen LogP contribution in [0.4, 0.5) is 0 Å². The summed E-state index contributed by atoms with van der Waals surface area (Å²) in [6.45, 7) is 2.72. The summed E-state index contributed by atoms with van der Waals surface area (Å²) < 4.78 is 5.58. The largest absolute Gasteiger partial charge is 0.376 e. The van der Waals surface area contributed by atoms with Crippen LogP contribution in [-0.4, -0.2) is 72.0 Å². The number of nitrogens with one attached hydrogen (secondary N) is 1. The van der Waals surface area contributed by atoms with E-state index in [9.17, 15) is 14.4 Å². The molecule has 2 bridgehead atoms. The molecule has 0 aliphatic carbocycles.